The minimum atomic E-state index is 0.827. The predicted molar refractivity (Wildman–Crippen MR) is 53.0 cm³/mol. The monoisotopic (exact) mass is 235 g/mol. The Morgan fingerprint density at radius 2 is 1.69 bits per heavy atom. The van der Waals surface area contributed by atoms with E-state index in [-0.39, 0.29) is 0 Å². The van der Waals surface area contributed by atoms with Crippen LogP contribution in [0, 0.1) is 0 Å². The van der Waals surface area contributed by atoms with Crippen LogP contribution < -0.4 is 0 Å². The van der Waals surface area contributed by atoms with Gasteiger partial charge in [-0.3, -0.25) is 0 Å². The van der Waals surface area contributed by atoms with Crippen molar-refractivity contribution in [2.45, 2.75) is 0 Å². The van der Waals surface area contributed by atoms with Gasteiger partial charge in [0.25, 0.3) is 0 Å². The second-order valence-corrected chi connectivity index (χ2v) is 3.31. The first-order chi connectivity index (χ1) is 6.36. The van der Waals surface area contributed by atoms with Crippen molar-refractivity contribution in [1.29, 1.82) is 0 Å². The molecule has 3 nitrogen and oxygen atoms in total. The van der Waals surface area contributed by atoms with E-state index in [2.05, 4.69) is 30.9 Å². The van der Waals surface area contributed by atoms with Crippen LogP contribution in [0.4, 0.5) is 0 Å². The van der Waals surface area contributed by atoms with Gasteiger partial charge in [-0.05, 0) is 22.0 Å². The molecule has 0 aromatic carbocycles. The van der Waals surface area contributed by atoms with Crippen LogP contribution in [0.1, 0.15) is 0 Å². The minimum absolute atomic E-state index is 0.827. The first-order valence-corrected chi connectivity index (χ1v) is 4.52. The maximum absolute atomic E-state index is 4.12. The van der Waals surface area contributed by atoms with Crippen molar-refractivity contribution in [3.05, 3.63) is 41.7 Å². The molecule has 2 aromatic heterocycles. The number of hydrogen-bond donors (Lipinski definition) is 0. The van der Waals surface area contributed by atoms with Crippen molar-refractivity contribution >= 4 is 15.9 Å². The molecular formula is C9H6BrN3. The van der Waals surface area contributed by atoms with E-state index >= 15 is 0 Å². The van der Waals surface area contributed by atoms with Crippen LogP contribution in [0.15, 0.2) is 41.7 Å². The van der Waals surface area contributed by atoms with Gasteiger partial charge >= 0.3 is 0 Å². The van der Waals surface area contributed by atoms with Crippen molar-refractivity contribution in [2.75, 3.05) is 0 Å². The summed E-state index contributed by atoms with van der Waals surface area (Å²) in [7, 11) is 0. The Morgan fingerprint density at radius 3 is 2.31 bits per heavy atom. The summed E-state index contributed by atoms with van der Waals surface area (Å²) in [6, 6.07) is 3.86. The molecule has 4 heteroatoms. The molecule has 2 aromatic rings. The largest absolute Gasteiger partial charge is 0.249 e. The van der Waals surface area contributed by atoms with Crippen LogP contribution in [0.5, 0.6) is 0 Å². The molecule has 0 aliphatic carbocycles. The number of rotatable bonds is 1. The Morgan fingerprint density at radius 1 is 0.923 bits per heavy atom. The Hall–Kier alpha value is -1.29. The molecular weight excluding hydrogens is 230 g/mol. The van der Waals surface area contributed by atoms with Gasteiger partial charge in [-0.1, -0.05) is 6.07 Å². The van der Waals surface area contributed by atoms with Crippen LogP contribution in [0.2, 0.25) is 0 Å². The maximum atomic E-state index is 4.12. The summed E-state index contributed by atoms with van der Waals surface area (Å²) in [4.78, 5) is 12.0. The quantitative estimate of drug-likeness (QED) is 0.713. The molecule has 0 atom stereocenters. The van der Waals surface area contributed by atoms with Gasteiger partial charge in [-0.15, -0.1) is 0 Å². The highest BCUT2D eigenvalue weighted by Gasteiger charge is 1.96. The first-order valence-electron chi connectivity index (χ1n) is 3.73. The Balaban J connectivity index is 2.42. The summed E-state index contributed by atoms with van der Waals surface area (Å²) in [5.74, 6) is 0. The molecule has 0 bridgehead atoms. The molecule has 0 aliphatic rings. The maximum Gasteiger partial charge on any atom is 0.115 e. The summed E-state index contributed by atoms with van der Waals surface area (Å²) in [5.41, 5.74) is 1.99. The standard InChI is InChI=1S/C9H6BrN3/c10-9-2-1-7(5-13-9)8-3-11-6-12-4-8/h1-6H. The minimum Gasteiger partial charge on any atom is -0.249 e. The van der Waals surface area contributed by atoms with E-state index in [9.17, 15) is 0 Å². The Bertz CT molecular complexity index is 385. The summed E-state index contributed by atoms with van der Waals surface area (Å²) in [6.45, 7) is 0. The highest BCUT2D eigenvalue weighted by molar-refractivity contribution is 9.10. The first kappa shape index (κ1) is 8.31. The van der Waals surface area contributed by atoms with Gasteiger partial charge in [-0.25, -0.2) is 15.0 Å². The van der Waals surface area contributed by atoms with Crippen LogP contribution in [-0.2, 0) is 0 Å². The molecule has 0 saturated heterocycles. The van der Waals surface area contributed by atoms with E-state index in [0.29, 0.717) is 0 Å². The van der Waals surface area contributed by atoms with Crippen LogP contribution >= 0.6 is 15.9 Å². The fraction of sp³-hybridized carbons (Fsp3) is 0. The lowest BCUT2D eigenvalue weighted by Crippen LogP contribution is -1.83. The van der Waals surface area contributed by atoms with Crippen LogP contribution in [-0.4, -0.2) is 15.0 Å². The molecule has 2 heterocycles. The molecule has 13 heavy (non-hydrogen) atoms. The van der Waals surface area contributed by atoms with Gasteiger partial charge in [0, 0.05) is 29.7 Å². The lowest BCUT2D eigenvalue weighted by Gasteiger charge is -1.98. The Kier molecular flexibility index (Phi) is 2.31. The predicted octanol–water partition coefficient (Wildman–Crippen LogP) is 2.30. The molecule has 0 radical (unpaired) electrons. The van der Waals surface area contributed by atoms with Crippen LogP contribution in [0.3, 0.4) is 0 Å². The summed E-state index contributed by atoms with van der Waals surface area (Å²) < 4.78 is 0.827. The van der Waals surface area contributed by atoms with Crippen molar-refractivity contribution in [2.24, 2.45) is 0 Å². The third-order valence-electron chi connectivity index (χ3n) is 1.62. The van der Waals surface area contributed by atoms with E-state index in [4.69, 9.17) is 0 Å². The second-order valence-electron chi connectivity index (χ2n) is 2.50. The molecule has 0 aliphatic heterocycles. The lowest BCUT2D eigenvalue weighted by atomic mass is 10.2. The number of pyridine rings is 1. The molecule has 0 unspecified atom stereocenters. The molecule has 64 valence electrons. The van der Waals surface area contributed by atoms with Crippen LogP contribution in [0.25, 0.3) is 11.1 Å². The second kappa shape index (κ2) is 3.62. The topological polar surface area (TPSA) is 38.7 Å². The molecule has 2 rings (SSSR count). The number of halogens is 1. The van der Waals surface area contributed by atoms with Gasteiger partial charge in [0.05, 0.1) is 0 Å². The van der Waals surface area contributed by atoms with Gasteiger partial charge in [0.15, 0.2) is 0 Å². The zero-order valence-corrected chi connectivity index (χ0v) is 8.27. The lowest BCUT2D eigenvalue weighted by molar-refractivity contribution is 1.16. The van der Waals surface area contributed by atoms with E-state index in [0.717, 1.165) is 15.7 Å². The van der Waals surface area contributed by atoms with E-state index in [1.807, 2.05) is 12.1 Å². The van der Waals surface area contributed by atoms with E-state index < -0.39 is 0 Å². The molecule has 0 saturated carbocycles. The van der Waals surface area contributed by atoms with Crippen molar-refractivity contribution in [3.8, 4) is 11.1 Å². The van der Waals surface area contributed by atoms with Gasteiger partial charge in [0.1, 0.15) is 10.9 Å². The summed E-state index contributed by atoms with van der Waals surface area (Å²) >= 11 is 3.28. The normalized spacial score (nSPS) is 9.92. The van der Waals surface area contributed by atoms with Crippen molar-refractivity contribution in [1.82, 2.24) is 15.0 Å². The molecule has 0 N–H and O–H groups in total. The summed E-state index contributed by atoms with van der Waals surface area (Å²) in [6.07, 6.45) is 6.81. The average Bonchev–Trinajstić information content (AvgIpc) is 2.20. The highest BCUT2D eigenvalue weighted by atomic mass is 79.9. The smallest absolute Gasteiger partial charge is 0.115 e. The van der Waals surface area contributed by atoms with Crippen molar-refractivity contribution < 1.29 is 0 Å². The molecule has 0 spiro atoms. The molecule has 0 amide bonds. The van der Waals surface area contributed by atoms with Gasteiger partial charge in [-0.2, -0.15) is 0 Å². The van der Waals surface area contributed by atoms with Crippen molar-refractivity contribution in [3.63, 3.8) is 0 Å². The van der Waals surface area contributed by atoms with E-state index in [1.54, 1.807) is 18.6 Å². The number of hydrogen-bond acceptors (Lipinski definition) is 3. The fourth-order valence-corrected chi connectivity index (χ4v) is 1.23. The SMILES string of the molecule is Brc1ccc(-c2cncnc2)cn1. The van der Waals surface area contributed by atoms with Gasteiger partial charge in [0.2, 0.25) is 0 Å². The third-order valence-corrected chi connectivity index (χ3v) is 2.09. The highest BCUT2D eigenvalue weighted by Crippen LogP contribution is 2.17. The summed E-state index contributed by atoms with van der Waals surface area (Å²) in [5, 5.41) is 0. The Labute approximate surface area is 84.0 Å². The average molecular weight is 236 g/mol. The zero-order chi connectivity index (χ0) is 9.10. The van der Waals surface area contributed by atoms with E-state index in [1.165, 1.54) is 6.33 Å². The number of aromatic nitrogens is 3. The number of nitrogens with zero attached hydrogens (tertiary/aromatic N) is 3. The third kappa shape index (κ3) is 1.89. The fourth-order valence-electron chi connectivity index (χ4n) is 0.995. The molecule has 0 fully saturated rings. The van der Waals surface area contributed by atoms with Gasteiger partial charge < -0.3 is 0 Å². The zero-order valence-electron chi connectivity index (χ0n) is 6.68.